The van der Waals surface area contributed by atoms with Crippen LogP contribution in [0.2, 0.25) is 0 Å². The number of para-hydroxylation sites is 1. The number of aromatic nitrogens is 1. The van der Waals surface area contributed by atoms with Gasteiger partial charge in [0.15, 0.2) is 0 Å². The molecule has 4 heteroatoms. The third-order valence-electron chi connectivity index (χ3n) is 5.75. The summed E-state index contributed by atoms with van der Waals surface area (Å²) in [6, 6.07) is 24.9. The van der Waals surface area contributed by atoms with Crippen LogP contribution in [0.15, 0.2) is 85.1 Å². The Morgan fingerprint density at radius 3 is 2.58 bits per heavy atom. The zero-order valence-corrected chi connectivity index (χ0v) is 17.6. The van der Waals surface area contributed by atoms with E-state index in [1.807, 2.05) is 61.7 Å². The molecule has 4 rings (SSSR count). The van der Waals surface area contributed by atoms with Crippen molar-refractivity contribution in [3.63, 3.8) is 0 Å². The van der Waals surface area contributed by atoms with Crippen LogP contribution in [0.4, 0.5) is 4.39 Å². The fraction of sp³-hybridized carbons (Fsp3) is 0.222. The van der Waals surface area contributed by atoms with Gasteiger partial charge in [0, 0.05) is 35.5 Å². The normalized spacial score (nSPS) is 13.1. The molecule has 0 saturated carbocycles. The van der Waals surface area contributed by atoms with Crippen LogP contribution in [0, 0.1) is 5.82 Å². The summed E-state index contributed by atoms with van der Waals surface area (Å²) in [6.07, 6.45) is 3.98. The molecule has 2 atom stereocenters. The van der Waals surface area contributed by atoms with Gasteiger partial charge in [-0.3, -0.25) is 4.79 Å². The summed E-state index contributed by atoms with van der Waals surface area (Å²) in [5.41, 5.74) is 4.08. The SMILES string of the molecule is CC(CCc1ccccc1)NC(=O)CC(c1cccc(F)c1)c1c[nH]c2ccccc12. The quantitative estimate of drug-likeness (QED) is 0.367. The van der Waals surface area contributed by atoms with E-state index in [1.54, 1.807) is 6.07 Å². The van der Waals surface area contributed by atoms with Crippen LogP contribution >= 0.6 is 0 Å². The number of benzene rings is 3. The average Bonchev–Trinajstić information content (AvgIpc) is 3.21. The molecule has 0 spiro atoms. The second-order valence-electron chi connectivity index (χ2n) is 8.09. The minimum absolute atomic E-state index is 0.0277. The third-order valence-corrected chi connectivity index (χ3v) is 5.75. The highest BCUT2D eigenvalue weighted by atomic mass is 19.1. The Morgan fingerprint density at radius 2 is 1.77 bits per heavy atom. The van der Waals surface area contributed by atoms with Gasteiger partial charge in [0.25, 0.3) is 0 Å². The second-order valence-corrected chi connectivity index (χ2v) is 8.09. The van der Waals surface area contributed by atoms with E-state index >= 15 is 0 Å². The zero-order chi connectivity index (χ0) is 21.6. The van der Waals surface area contributed by atoms with Gasteiger partial charge in [0.1, 0.15) is 5.82 Å². The molecular weight excluding hydrogens is 387 g/mol. The molecule has 1 heterocycles. The number of fused-ring (bicyclic) bond motifs is 1. The summed E-state index contributed by atoms with van der Waals surface area (Å²) >= 11 is 0. The van der Waals surface area contributed by atoms with Gasteiger partial charge >= 0.3 is 0 Å². The van der Waals surface area contributed by atoms with Crippen LogP contribution in [-0.4, -0.2) is 16.9 Å². The number of aryl methyl sites for hydroxylation is 1. The van der Waals surface area contributed by atoms with E-state index in [0.717, 1.165) is 34.9 Å². The van der Waals surface area contributed by atoms with E-state index in [1.165, 1.54) is 17.7 Å². The summed E-state index contributed by atoms with van der Waals surface area (Å²) in [6.45, 7) is 2.03. The Bertz CT molecular complexity index is 1150. The lowest BCUT2D eigenvalue weighted by Crippen LogP contribution is -2.33. The van der Waals surface area contributed by atoms with Crippen molar-refractivity contribution in [2.75, 3.05) is 0 Å². The van der Waals surface area contributed by atoms with Gasteiger partial charge in [-0.25, -0.2) is 4.39 Å². The molecule has 158 valence electrons. The first-order chi connectivity index (χ1) is 15.1. The fourth-order valence-corrected chi connectivity index (χ4v) is 4.13. The average molecular weight is 415 g/mol. The van der Waals surface area contributed by atoms with Gasteiger partial charge in [-0.05, 0) is 54.7 Å². The Morgan fingerprint density at radius 1 is 1.00 bits per heavy atom. The molecule has 31 heavy (non-hydrogen) atoms. The summed E-state index contributed by atoms with van der Waals surface area (Å²) in [5.74, 6) is -0.549. The van der Waals surface area contributed by atoms with E-state index in [4.69, 9.17) is 0 Å². The Hall–Kier alpha value is -3.40. The van der Waals surface area contributed by atoms with E-state index in [0.29, 0.717) is 0 Å². The molecule has 0 aliphatic rings. The zero-order valence-electron chi connectivity index (χ0n) is 17.6. The van der Waals surface area contributed by atoms with Gasteiger partial charge in [0.2, 0.25) is 5.91 Å². The van der Waals surface area contributed by atoms with E-state index < -0.39 is 0 Å². The summed E-state index contributed by atoms with van der Waals surface area (Å²) in [7, 11) is 0. The lowest BCUT2D eigenvalue weighted by Gasteiger charge is -2.20. The highest BCUT2D eigenvalue weighted by Crippen LogP contribution is 2.33. The predicted molar refractivity (Wildman–Crippen MR) is 124 cm³/mol. The van der Waals surface area contributed by atoms with E-state index in [2.05, 4.69) is 22.4 Å². The first-order valence-corrected chi connectivity index (χ1v) is 10.7. The Labute approximate surface area is 182 Å². The number of nitrogens with one attached hydrogen (secondary N) is 2. The number of amides is 1. The maximum atomic E-state index is 14.0. The van der Waals surface area contributed by atoms with Crippen molar-refractivity contribution < 1.29 is 9.18 Å². The molecule has 0 aliphatic carbocycles. The molecule has 0 radical (unpaired) electrons. The van der Waals surface area contributed by atoms with E-state index in [-0.39, 0.29) is 30.1 Å². The van der Waals surface area contributed by atoms with Crippen LogP contribution in [0.25, 0.3) is 10.9 Å². The van der Waals surface area contributed by atoms with Crippen LogP contribution in [0.5, 0.6) is 0 Å². The van der Waals surface area contributed by atoms with Gasteiger partial charge in [-0.15, -0.1) is 0 Å². The minimum atomic E-state index is -0.293. The first-order valence-electron chi connectivity index (χ1n) is 10.7. The number of H-pyrrole nitrogens is 1. The molecule has 2 unspecified atom stereocenters. The molecule has 4 aromatic rings. The van der Waals surface area contributed by atoms with E-state index in [9.17, 15) is 9.18 Å². The molecule has 1 aromatic heterocycles. The maximum Gasteiger partial charge on any atom is 0.221 e. The summed E-state index contributed by atoms with van der Waals surface area (Å²) < 4.78 is 14.0. The number of aromatic amines is 1. The number of hydrogen-bond donors (Lipinski definition) is 2. The maximum absolute atomic E-state index is 14.0. The fourth-order valence-electron chi connectivity index (χ4n) is 4.13. The molecule has 3 nitrogen and oxygen atoms in total. The highest BCUT2D eigenvalue weighted by Gasteiger charge is 2.22. The molecule has 0 aliphatic heterocycles. The van der Waals surface area contributed by atoms with Crippen LogP contribution in [-0.2, 0) is 11.2 Å². The first kappa shape index (κ1) is 20.9. The van der Waals surface area contributed by atoms with Gasteiger partial charge in [-0.2, -0.15) is 0 Å². The van der Waals surface area contributed by atoms with Crippen molar-refractivity contribution in [2.45, 2.75) is 38.1 Å². The number of halogens is 1. The number of hydrogen-bond acceptors (Lipinski definition) is 1. The Kier molecular flexibility index (Phi) is 6.46. The standard InChI is InChI=1S/C27H27FN2O/c1-19(14-15-20-8-3-2-4-9-20)30-27(31)17-24(21-10-7-11-22(28)16-21)25-18-29-26-13-6-5-12-23(25)26/h2-13,16,18-19,24,29H,14-15,17H2,1H3,(H,30,31). The molecular formula is C27H27FN2O. The van der Waals surface area contributed by atoms with Crippen molar-refractivity contribution in [2.24, 2.45) is 0 Å². The monoisotopic (exact) mass is 414 g/mol. The number of carbonyl (C=O) groups is 1. The predicted octanol–water partition coefficient (Wildman–Crippen LogP) is 5.97. The molecule has 3 aromatic carbocycles. The topological polar surface area (TPSA) is 44.9 Å². The van der Waals surface area contributed by atoms with Crippen LogP contribution in [0.3, 0.4) is 0 Å². The molecule has 0 fully saturated rings. The van der Waals surface area contributed by atoms with Crippen molar-refractivity contribution >= 4 is 16.8 Å². The number of rotatable bonds is 8. The highest BCUT2D eigenvalue weighted by molar-refractivity contribution is 5.86. The third kappa shape index (κ3) is 5.21. The van der Waals surface area contributed by atoms with Gasteiger partial charge < -0.3 is 10.3 Å². The summed E-state index contributed by atoms with van der Waals surface area (Å²) in [5, 5.41) is 4.19. The van der Waals surface area contributed by atoms with Gasteiger partial charge in [-0.1, -0.05) is 60.7 Å². The second kappa shape index (κ2) is 9.61. The largest absolute Gasteiger partial charge is 0.361 e. The molecule has 0 saturated heterocycles. The van der Waals surface area contributed by atoms with Crippen molar-refractivity contribution in [1.29, 1.82) is 0 Å². The van der Waals surface area contributed by atoms with Gasteiger partial charge in [0.05, 0.1) is 0 Å². The van der Waals surface area contributed by atoms with Crippen molar-refractivity contribution in [3.05, 3.63) is 108 Å². The van der Waals surface area contributed by atoms with Crippen LogP contribution in [0.1, 0.15) is 42.4 Å². The molecule has 0 bridgehead atoms. The number of carbonyl (C=O) groups excluding carboxylic acids is 1. The Balaban J connectivity index is 1.50. The molecule has 1 amide bonds. The minimum Gasteiger partial charge on any atom is -0.361 e. The van der Waals surface area contributed by atoms with Crippen LogP contribution < -0.4 is 5.32 Å². The van der Waals surface area contributed by atoms with Crippen molar-refractivity contribution in [1.82, 2.24) is 10.3 Å². The lowest BCUT2D eigenvalue weighted by molar-refractivity contribution is -0.121. The van der Waals surface area contributed by atoms with Crippen molar-refractivity contribution in [3.8, 4) is 0 Å². The molecule has 2 N–H and O–H groups in total. The summed E-state index contributed by atoms with van der Waals surface area (Å²) in [4.78, 5) is 16.2. The smallest absolute Gasteiger partial charge is 0.221 e. The lowest BCUT2D eigenvalue weighted by atomic mass is 9.88.